The van der Waals surface area contributed by atoms with Gasteiger partial charge in [0.15, 0.2) is 5.79 Å². The number of hydrogen-bond donors (Lipinski definition) is 4. The summed E-state index contributed by atoms with van der Waals surface area (Å²) in [5, 5.41) is 46.4. The van der Waals surface area contributed by atoms with Crippen LogP contribution >= 0.6 is 0 Å². The lowest BCUT2D eigenvalue weighted by atomic mass is 9.80. The molecule has 5 aliphatic heterocycles. The van der Waals surface area contributed by atoms with E-state index in [0.29, 0.717) is 56.9 Å². The van der Waals surface area contributed by atoms with E-state index < -0.39 is 89.7 Å². The number of ether oxygens (including phenoxy) is 6. The van der Waals surface area contributed by atoms with Gasteiger partial charge in [-0.25, -0.2) is 4.79 Å². The predicted molar refractivity (Wildman–Crippen MR) is 208 cm³/mol. The first kappa shape index (κ1) is 45.8. The molecule has 0 spiro atoms. The van der Waals surface area contributed by atoms with Crippen LogP contribution in [0.1, 0.15) is 105 Å². The summed E-state index contributed by atoms with van der Waals surface area (Å²) in [4.78, 5) is 44.0. The number of rotatable bonds is 6. The lowest BCUT2D eigenvalue weighted by Crippen LogP contribution is -2.64. The summed E-state index contributed by atoms with van der Waals surface area (Å²) in [5.74, 6) is -9.10. The second-order valence-corrected chi connectivity index (χ2v) is 17.6. The Morgan fingerprint density at radius 2 is 1.61 bits per heavy atom. The fraction of sp³-hybridized carbons (Fsp3) is 0.837. The minimum absolute atomic E-state index is 0.00402. The maximum atomic E-state index is 14.4. The second kappa shape index (κ2) is 19.4. The van der Waals surface area contributed by atoms with Crippen LogP contribution in [0.15, 0.2) is 23.3 Å². The minimum Gasteiger partial charge on any atom is -0.456 e. The van der Waals surface area contributed by atoms with Crippen molar-refractivity contribution in [2.45, 2.75) is 166 Å². The van der Waals surface area contributed by atoms with E-state index in [1.807, 2.05) is 26.0 Å². The quantitative estimate of drug-likeness (QED) is 0.173. The Kier molecular flexibility index (Phi) is 15.6. The summed E-state index contributed by atoms with van der Waals surface area (Å²) in [6.07, 6.45) is 3.70. The molecule has 4 bridgehead atoms. The molecular weight excluding hydrogens is 738 g/mol. The van der Waals surface area contributed by atoms with Crippen molar-refractivity contribution in [1.82, 2.24) is 4.90 Å². The molecule has 5 heterocycles. The van der Waals surface area contributed by atoms with Gasteiger partial charge in [0.25, 0.3) is 11.7 Å². The maximum Gasteiger partial charge on any atom is 0.329 e. The Bertz CT molecular complexity index is 1470. The van der Waals surface area contributed by atoms with Gasteiger partial charge in [-0.1, -0.05) is 39.8 Å². The fourth-order valence-electron chi connectivity index (χ4n) is 9.94. The van der Waals surface area contributed by atoms with Gasteiger partial charge in [0.2, 0.25) is 5.79 Å². The van der Waals surface area contributed by atoms with Crippen molar-refractivity contribution in [3.8, 4) is 0 Å². The molecule has 4 fully saturated rings. The first-order chi connectivity index (χ1) is 27.0. The average molecular weight is 808 g/mol. The number of Topliss-reactive ketones (excluding diaryl/α,β-unsaturated/α-hetero) is 1. The van der Waals surface area contributed by atoms with Gasteiger partial charge in [-0.05, 0) is 94.1 Å². The summed E-state index contributed by atoms with van der Waals surface area (Å²) in [6, 6.07) is -1.14. The van der Waals surface area contributed by atoms with Gasteiger partial charge in [0.1, 0.15) is 18.2 Å². The molecule has 6 aliphatic rings. The van der Waals surface area contributed by atoms with Crippen molar-refractivity contribution in [1.29, 1.82) is 0 Å². The number of nitrogens with zero attached hydrogens (tertiary/aromatic N) is 1. The first-order valence-corrected chi connectivity index (χ1v) is 21.1. The number of ketones is 1. The van der Waals surface area contributed by atoms with Gasteiger partial charge in [0.05, 0.1) is 37.1 Å². The number of carbonyl (C=O) groups excluding carboxylic acids is 3. The number of aliphatic hydroxyl groups is 4. The molecule has 1 saturated carbocycles. The Morgan fingerprint density at radius 3 is 2.28 bits per heavy atom. The van der Waals surface area contributed by atoms with Gasteiger partial charge in [-0.15, -0.1) is 0 Å². The van der Waals surface area contributed by atoms with E-state index in [4.69, 9.17) is 28.4 Å². The third kappa shape index (κ3) is 10.0. The molecule has 14 heteroatoms. The van der Waals surface area contributed by atoms with Crippen LogP contribution in [0, 0.1) is 29.6 Å². The number of aliphatic hydroxyl groups excluding tert-OH is 2. The number of carbonyl (C=O) groups is 3. The van der Waals surface area contributed by atoms with Crippen molar-refractivity contribution in [2.75, 3.05) is 34.5 Å². The Hall–Kier alpha value is -2.27. The molecule has 1 amide bonds. The Labute approximate surface area is 338 Å². The van der Waals surface area contributed by atoms with Crippen LogP contribution in [0.25, 0.3) is 0 Å². The van der Waals surface area contributed by atoms with Crippen LogP contribution in [0.5, 0.6) is 0 Å². The predicted octanol–water partition coefficient (Wildman–Crippen LogP) is 3.60. The van der Waals surface area contributed by atoms with Gasteiger partial charge >= 0.3 is 5.97 Å². The molecule has 0 aromatic rings. The lowest BCUT2D eigenvalue weighted by Gasteiger charge is -2.47. The van der Waals surface area contributed by atoms with Crippen LogP contribution in [0.2, 0.25) is 0 Å². The van der Waals surface area contributed by atoms with Crippen molar-refractivity contribution in [3.63, 3.8) is 0 Å². The number of fused-ring (bicyclic) bond motifs is 11. The molecule has 3 saturated heterocycles. The smallest absolute Gasteiger partial charge is 0.329 e. The molecule has 4 N–H and O–H groups in total. The van der Waals surface area contributed by atoms with Crippen LogP contribution in [0.3, 0.4) is 0 Å². The Balaban J connectivity index is 1.55. The van der Waals surface area contributed by atoms with Crippen molar-refractivity contribution >= 4 is 17.7 Å². The zero-order valence-corrected chi connectivity index (χ0v) is 35.3. The standard InChI is InChI=1S/C43H69NO13/c1-9-30-20-29-16-24(2)17-35(53-7)38-36(54-8)19-26(4)43(51,57-38)39(47)40(48)44-15-11-10-12-31(44)41(49)56-37(27(5)33(46)22-42(30,50)55-23-29)25(3)18-28-13-14-32(45)34(21-28)52-6/h18,20,24,26-28,30-38,45-46,50-51H,9-17,19,21-23H2,1-8H3/b25-18+/t24-,26+,27+,28-,30+,31-,32?,33+,34+,35-,36-,37-,38+,42?,43+/m0/s1. The Morgan fingerprint density at radius 1 is 0.930 bits per heavy atom. The summed E-state index contributed by atoms with van der Waals surface area (Å²) in [5.41, 5.74) is 1.65. The molecule has 6 rings (SSSR count). The summed E-state index contributed by atoms with van der Waals surface area (Å²) < 4.78 is 36.1. The fourth-order valence-corrected chi connectivity index (χ4v) is 9.94. The second-order valence-electron chi connectivity index (χ2n) is 17.6. The maximum absolute atomic E-state index is 14.4. The lowest BCUT2D eigenvalue weighted by molar-refractivity contribution is -0.302. The summed E-state index contributed by atoms with van der Waals surface area (Å²) in [7, 11) is 4.63. The average Bonchev–Trinajstić information content (AvgIpc) is 3.19. The number of amides is 1. The van der Waals surface area contributed by atoms with Gasteiger partial charge in [0, 0.05) is 52.0 Å². The third-order valence-electron chi connectivity index (χ3n) is 13.5. The SMILES string of the molecule is CC[C@@H]1C=C2COC1(O)C[C@@H](O)[C@@H](C)[C@H](/C(C)=C/[C@@H]1CCC(O)[C@H](OC)C1)OC(=O)[C@@H]1CCCCN1C(=O)C(=O)[C@]1(O)O[C@H]([C@@H](OC)C[C@@H](C)C2)[C@@H](OC)C[C@H]1C. The van der Waals surface area contributed by atoms with Crippen LogP contribution in [-0.2, 0) is 42.8 Å². The number of allylic oxidation sites excluding steroid dienone is 1. The van der Waals surface area contributed by atoms with Crippen LogP contribution in [-0.4, -0.2) is 138 Å². The topological polar surface area (TPSA) is 191 Å². The van der Waals surface area contributed by atoms with E-state index in [-0.39, 0.29) is 50.4 Å². The highest BCUT2D eigenvalue weighted by molar-refractivity contribution is 6.39. The molecular formula is C43H69NO13. The number of esters is 1. The van der Waals surface area contributed by atoms with Crippen molar-refractivity contribution in [3.05, 3.63) is 23.3 Å². The highest BCUT2D eigenvalue weighted by Gasteiger charge is 2.57. The molecule has 324 valence electrons. The minimum atomic E-state index is -2.51. The van der Waals surface area contributed by atoms with E-state index >= 15 is 0 Å². The summed E-state index contributed by atoms with van der Waals surface area (Å²) in [6.45, 7) is 9.47. The molecule has 15 atom stereocenters. The molecule has 0 radical (unpaired) electrons. The normalized spacial score (nSPS) is 43.5. The number of methoxy groups -OCH3 is 3. The third-order valence-corrected chi connectivity index (χ3v) is 13.5. The molecule has 2 unspecified atom stereocenters. The van der Waals surface area contributed by atoms with E-state index in [9.17, 15) is 34.8 Å². The number of hydrogen-bond acceptors (Lipinski definition) is 13. The highest BCUT2D eigenvalue weighted by atomic mass is 16.7. The van der Waals surface area contributed by atoms with Gasteiger partial charge < -0.3 is 53.7 Å². The molecule has 1 aliphatic carbocycles. The van der Waals surface area contributed by atoms with E-state index in [1.165, 1.54) is 19.1 Å². The molecule has 0 aromatic heterocycles. The molecule has 14 nitrogen and oxygen atoms in total. The zero-order valence-electron chi connectivity index (χ0n) is 35.3. The number of piperidine rings is 1. The van der Waals surface area contributed by atoms with E-state index in [1.54, 1.807) is 21.0 Å². The largest absolute Gasteiger partial charge is 0.456 e. The monoisotopic (exact) mass is 807 g/mol. The van der Waals surface area contributed by atoms with Crippen molar-refractivity contribution in [2.24, 2.45) is 29.6 Å². The zero-order chi connectivity index (χ0) is 41.8. The molecule has 57 heavy (non-hydrogen) atoms. The van der Waals surface area contributed by atoms with Gasteiger partial charge in [-0.3, -0.25) is 9.59 Å². The van der Waals surface area contributed by atoms with E-state index in [2.05, 4.69) is 6.92 Å². The first-order valence-electron chi connectivity index (χ1n) is 21.1. The van der Waals surface area contributed by atoms with Crippen LogP contribution < -0.4 is 0 Å². The van der Waals surface area contributed by atoms with Gasteiger partial charge in [-0.2, -0.15) is 0 Å². The van der Waals surface area contributed by atoms with Crippen LogP contribution in [0.4, 0.5) is 0 Å². The highest BCUT2D eigenvalue weighted by Crippen LogP contribution is 2.41. The molecule has 0 aromatic carbocycles. The van der Waals surface area contributed by atoms with Crippen molar-refractivity contribution < 1.29 is 63.2 Å². The van der Waals surface area contributed by atoms with E-state index in [0.717, 1.165) is 5.57 Å². The summed E-state index contributed by atoms with van der Waals surface area (Å²) >= 11 is 0.